The summed E-state index contributed by atoms with van der Waals surface area (Å²) in [6.07, 6.45) is 0.461. The lowest BCUT2D eigenvalue weighted by molar-refractivity contribution is -0.128. The third-order valence-electron chi connectivity index (χ3n) is 3.90. The smallest absolute Gasteiger partial charge is 0.239 e. The van der Waals surface area contributed by atoms with E-state index in [1.807, 2.05) is 32.0 Å². The van der Waals surface area contributed by atoms with E-state index in [1.165, 1.54) is 0 Å². The molecule has 1 aromatic carbocycles. The molecule has 0 spiro atoms. The molecule has 1 aromatic heterocycles. The number of carbonyl (C=O) groups excluding carboxylic acids is 1. The number of halogens is 1. The maximum Gasteiger partial charge on any atom is 0.239 e. The van der Waals surface area contributed by atoms with Gasteiger partial charge in [-0.3, -0.25) is 4.79 Å². The SMILES string of the molecule is Cc1cccc2oc(CCNC(=O)[C@H]3NCCO[C@@H]3C)nc12.Cl. The molecule has 126 valence electrons. The van der Waals surface area contributed by atoms with Crippen molar-refractivity contribution in [1.82, 2.24) is 15.6 Å². The maximum absolute atomic E-state index is 12.1. The number of amides is 1. The van der Waals surface area contributed by atoms with Crippen LogP contribution in [0.2, 0.25) is 0 Å². The summed E-state index contributed by atoms with van der Waals surface area (Å²) >= 11 is 0. The number of aryl methyl sites for hydroxylation is 1. The molecule has 6 nitrogen and oxygen atoms in total. The van der Waals surface area contributed by atoms with Gasteiger partial charge in [-0.2, -0.15) is 0 Å². The van der Waals surface area contributed by atoms with Gasteiger partial charge in [-0.1, -0.05) is 12.1 Å². The molecule has 3 rings (SSSR count). The quantitative estimate of drug-likeness (QED) is 0.884. The molecule has 1 fully saturated rings. The first kappa shape index (κ1) is 17.7. The van der Waals surface area contributed by atoms with Crippen molar-refractivity contribution in [2.45, 2.75) is 32.4 Å². The van der Waals surface area contributed by atoms with Gasteiger partial charge in [0.05, 0.1) is 12.7 Å². The van der Waals surface area contributed by atoms with Gasteiger partial charge in [0.1, 0.15) is 11.6 Å². The Morgan fingerprint density at radius 1 is 1.48 bits per heavy atom. The molecule has 1 saturated heterocycles. The molecule has 7 heteroatoms. The number of rotatable bonds is 4. The highest BCUT2D eigenvalue weighted by Gasteiger charge is 2.27. The summed E-state index contributed by atoms with van der Waals surface area (Å²) in [5, 5.41) is 6.08. The van der Waals surface area contributed by atoms with Crippen LogP contribution in [0.1, 0.15) is 18.4 Å². The Morgan fingerprint density at radius 3 is 3.04 bits per heavy atom. The first-order valence-corrected chi connectivity index (χ1v) is 7.63. The molecule has 0 radical (unpaired) electrons. The van der Waals surface area contributed by atoms with E-state index in [4.69, 9.17) is 9.15 Å². The minimum atomic E-state index is -0.292. The number of hydrogen-bond donors (Lipinski definition) is 2. The summed E-state index contributed by atoms with van der Waals surface area (Å²) in [7, 11) is 0. The summed E-state index contributed by atoms with van der Waals surface area (Å²) in [5.41, 5.74) is 2.77. The summed E-state index contributed by atoms with van der Waals surface area (Å²) in [4.78, 5) is 16.6. The van der Waals surface area contributed by atoms with E-state index in [-0.39, 0.29) is 30.5 Å². The van der Waals surface area contributed by atoms with Gasteiger partial charge in [0.15, 0.2) is 11.5 Å². The van der Waals surface area contributed by atoms with Crippen molar-refractivity contribution >= 4 is 29.4 Å². The highest BCUT2D eigenvalue weighted by atomic mass is 35.5. The zero-order chi connectivity index (χ0) is 15.5. The number of morpholine rings is 1. The molecule has 1 amide bonds. The fraction of sp³-hybridized carbons (Fsp3) is 0.500. The van der Waals surface area contributed by atoms with Gasteiger partial charge in [0.2, 0.25) is 5.91 Å². The molecule has 1 aliphatic heterocycles. The lowest BCUT2D eigenvalue weighted by atomic mass is 10.1. The summed E-state index contributed by atoms with van der Waals surface area (Å²) in [5.74, 6) is 0.602. The molecule has 1 aliphatic rings. The van der Waals surface area contributed by atoms with Crippen molar-refractivity contribution in [1.29, 1.82) is 0 Å². The van der Waals surface area contributed by atoms with Gasteiger partial charge >= 0.3 is 0 Å². The zero-order valence-corrected chi connectivity index (χ0v) is 14.1. The zero-order valence-electron chi connectivity index (χ0n) is 13.3. The fourth-order valence-corrected chi connectivity index (χ4v) is 2.67. The van der Waals surface area contributed by atoms with Crippen LogP contribution in [0.15, 0.2) is 22.6 Å². The number of fused-ring (bicyclic) bond motifs is 1. The number of hydrogen-bond acceptors (Lipinski definition) is 5. The second-order valence-electron chi connectivity index (χ2n) is 5.58. The Hall–Kier alpha value is -1.63. The number of aromatic nitrogens is 1. The first-order valence-electron chi connectivity index (χ1n) is 7.63. The van der Waals surface area contributed by atoms with Crippen LogP contribution in [0.3, 0.4) is 0 Å². The third kappa shape index (κ3) is 4.02. The summed E-state index contributed by atoms with van der Waals surface area (Å²) in [6.45, 7) is 5.75. The van der Waals surface area contributed by atoms with E-state index < -0.39 is 0 Å². The number of oxazole rings is 1. The van der Waals surface area contributed by atoms with Gasteiger partial charge in [-0.15, -0.1) is 12.4 Å². The Labute approximate surface area is 141 Å². The topological polar surface area (TPSA) is 76.4 Å². The lowest BCUT2D eigenvalue weighted by Crippen LogP contribution is -2.55. The van der Waals surface area contributed by atoms with E-state index in [2.05, 4.69) is 15.6 Å². The van der Waals surface area contributed by atoms with Crippen molar-refractivity contribution in [3.05, 3.63) is 29.7 Å². The predicted octanol–water partition coefficient (Wildman–Crippen LogP) is 1.59. The average molecular weight is 340 g/mol. The number of nitrogens with one attached hydrogen (secondary N) is 2. The van der Waals surface area contributed by atoms with Crippen LogP contribution < -0.4 is 10.6 Å². The Bertz CT molecular complexity index is 674. The highest BCUT2D eigenvalue weighted by Crippen LogP contribution is 2.18. The van der Waals surface area contributed by atoms with Crippen molar-refractivity contribution in [2.24, 2.45) is 0 Å². The highest BCUT2D eigenvalue weighted by molar-refractivity contribution is 5.85. The lowest BCUT2D eigenvalue weighted by Gasteiger charge is -2.29. The van der Waals surface area contributed by atoms with E-state index in [1.54, 1.807) is 0 Å². The van der Waals surface area contributed by atoms with Gasteiger partial charge in [0.25, 0.3) is 0 Å². The molecule has 2 aromatic rings. The molecule has 23 heavy (non-hydrogen) atoms. The molecule has 2 heterocycles. The van der Waals surface area contributed by atoms with Gasteiger partial charge in [-0.05, 0) is 25.5 Å². The Morgan fingerprint density at radius 2 is 2.30 bits per heavy atom. The standard InChI is InChI=1S/C16H21N3O3.ClH/c1-10-4-3-5-12-14(10)19-13(22-12)6-7-18-16(20)15-11(2)21-9-8-17-15;/h3-5,11,15,17H,6-9H2,1-2H3,(H,18,20);1H/t11-,15+;/m1./s1. The van der Waals surface area contributed by atoms with E-state index in [9.17, 15) is 4.79 Å². The second kappa shape index (κ2) is 7.77. The van der Waals surface area contributed by atoms with Crippen molar-refractivity contribution < 1.29 is 13.9 Å². The molecule has 0 bridgehead atoms. The average Bonchev–Trinajstić information content (AvgIpc) is 2.92. The molecular formula is C16H22ClN3O3. The van der Waals surface area contributed by atoms with Crippen LogP contribution in [0.4, 0.5) is 0 Å². The van der Waals surface area contributed by atoms with Gasteiger partial charge in [0, 0.05) is 19.5 Å². The number of para-hydroxylation sites is 1. The first-order chi connectivity index (χ1) is 10.6. The minimum absolute atomic E-state index is 0. The molecule has 0 aliphatic carbocycles. The molecule has 0 unspecified atom stereocenters. The Kier molecular flexibility index (Phi) is 5.98. The summed E-state index contributed by atoms with van der Waals surface area (Å²) in [6, 6.07) is 5.57. The van der Waals surface area contributed by atoms with Crippen molar-refractivity contribution in [3.8, 4) is 0 Å². The molecule has 2 atom stereocenters. The fourth-order valence-electron chi connectivity index (χ4n) is 2.67. The molecular weight excluding hydrogens is 318 g/mol. The van der Waals surface area contributed by atoms with Crippen LogP contribution in [-0.2, 0) is 16.0 Å². The largest absolute Gasteiger partial charge is 0.441 e. The van der Waals surface area contributed by atoms with Crippen LogP contribution in [0.5, 0.6) is 0 Å². The maximum atomic E-state index is 12.1. The molecule has 2 N–H and O–H groups in total. The second-order valence-corrected chi connectivity index (χ2v) is 5.58. The van der Waals surface area contributed by atoms with E-state index >= 15 is 0 Å². The summed E-state index contributed by atoms with van der Waals surface area (Å²) < 4.78 is 11.2. The van der Waals surface area contributed by atoms with E-state index in [0.717, 1.165) is 16.7 Å². The predicted molar refractivity (Wildman–Crippen MR) is 89.9 cm³/mol. The monoisotopic (exact) mass is 339 g/mol. The van der Waals surface area contributed by atoms with Crippen molar-refractivity contribution in [2.75, 3.05) is 19.7 Å². The normalized spacial score (nSPS) is 21.0. The van der Waals surface area contributed by atoms with Crippen LogP contribution in [0, 0.1) is 6.92 Å². The van der Waals surface area contributed by atoms with Gasteiger partial charge in [-0.25, -0.2) is 4.98 Å². The number of nitrogens with zero attached hydrogens (tertiary/aromatic N) is 1. The third-order valence-corrected chi connectivity index (χ3v) is 3.90. The number of carbonyl (C=O) groups is 1. The van der Waals surface area contributed by atoms with Crippen LogP contribution in [-0.4, -0.2) is 42.7 Å². The van der Waals surface area contributed by atoms with Crippen LogP contribution in [0.25, 0.3) is 11.1 Å². The molecule has 0 saturated carbocycles. The van der Waals surface area contributed by atoms with Crippen molar-refractivity contribution in [3.63, 3.8) is 0 Å². The van der Waals surface area contributed by atoms with E-state index in [0.29, 0.717) is 32.0 Å². The minimum Gasteiger partial charge on any atom is -0.441 e. The van der Waals surface area contributed by atoms with Crippen LogP contribution >= 0.6 is 12.4 Å². The van der Waals surface area contributed by atoms with Gasteiger partial charge < -0.3 is 19.8 Å². The number of benzene rings is 1. The Balaban J connectivity index is 0.00000192. The number of ether oxygens (including phenoxy) is 1.